The number of aromatic nitrogens is 2. The minimum absolute atomic E-state index is 0.0247. The molecule has 1 aromatic carbocycles. The van der Waals surface area contributed by atoms with Crippen molar-refractivity contribution in [3.63, 3.8) is 0 Å². The van der Waals surface area contributed by atoms with Gasteiger partial charge in [-0.2, -0.15) is 5.10 Å². The number of nitrogen functional groups attached to an aromatic ring is 1. The molecular formula is C10H8F2N4O2. The highest BCUT2D eigenvalue weighted by Gasteiger charge is 2.17. The Balaban J connectivity index is 2.29. The van der Waals surface area contributed by atoms with Gasteiger partial charge >= 0.3 is 5.69 Å². The third-order valence-electron chi connectivity index (χ3n) is 2.37. The lowest BCUT2D eigenvalue weighted by Crippen LogP contribution is -2.07. The molecule has 18 heavy (non-hydrogen) atoms. The van der Waals surface area contributed by atoms with E-state index in [0.717, 1.165) is 23.0 Å². The average molecular weight is 254 g/mol. The van der Waals surface area contributed by atoms with E-state index in [1.54, 1.807) is 0 Å². The highest BCUT2D eigenvalue weighted by molar-refractivity contribution is 5.51. The average Bonchev–Trinajstić information content (AvgIpc) is 2.66. The Kier molecular flexibility index (Phi) is 2.92. The maximum Gasteiger partial charge on any atom is 0.330 e. The Labute approximate surface area is 99.8 Å². The highest BCUT2D eigenvalue weighted by Crippen LogP contribution is 2.21. The molecule has 0 bridgehead atoms. The fourth-order valence-electron chi connectivity index (χ4n) is 1.46. The molecule has 0 radical (unpaired) electrons. The summed E-state index contributed by atoms with van der Waals surface area (Å²) in [6, 6.07) is 3.31. The van der Waals surface area contributed by atoms with Crippen molar-refractivity contribution in [3.05, 3.63) is 51.7 Å². The molecule has 0 saturated carbocycles. The van der Waals surface area contributed by atoms with Gasteiger partial charge in [0.25, 0.3) is 0 Å². The Morgan fingerprint density at radius 1 is 1.39 bits per heavy atom. The van der Waals surface area contributed by atoms with Gasteiger partial charge in [0.15, 0.2) is 11.6 Å². The summed E-state index contributed by atoms with van der Waals surface area (Å²) in [7, 11) is 0. The number of nitrogens with two attached hydrogens (primary N) is 1. The van der Waals surface area contributed by atoms with Crippen LogP contribution < -0.4 is 5.73 Å². The van der Waals surface area contributed by atoms with Crippen LogP contribution in [0.5, 0.6) is 0 Å². The quantitative estimate of drug-likeness (QED) is 0.667. The second-order valence-electron chi connectivity index (χ2n) is 3.58. The van der Waals surface area contributed by atoms with Crippen LogP contribution in [0.25, 0.3) is 0 Å². The second-order valence-corrected chi connectivity index (χ2v) is 3.58. The number of halogens is 2. The van der Waals surface area contributed by atoms with Gasteiger partial charge in [-0.05, 0) is 17.7 Å². The zero-order valence-corrected chi connectivity index (χ0v) is 9.01. The third-order valence-corrected chi connectivity index (χ3v) is 2.37. The summed E-state index contributed by atoms with van der Waals surface area (Å²) < 4.78 is 26.8. The number of hydrogen-bond donors (Lipinski definition) is 1. The van der Waals surface area contributed by atoms with Crippen molar-refractivity contribution in [1.29, 1.82) is 0 Å². The molecule has 0 saturated heterocycles. The van der Waals surface area contributed by atoms with E-state index in [1.165, 1.54) is 6.07 Å². The van der Waals surface area contributed by atoms with Crippen LogP contribution in [0.15, 0.2) is 24.4 Å². The van der Waals surface area contributed by atoms with Gasteiger partial charge in [0.05, 0.1) is 11.5 Å². The van der Waals surface area contributed by atoms with Gasteiger partial charge < -0.3 is 5.73 Å². The van der Waals surface area contributed by atoms with Crippen molar-refractivity contribution in [3.8, 4) is 0 Å². The number of anilines is 1. The molecule has 0 amide bonds. The second kappa shape index (κ2) is 4.40. The molecule has 6 nitrogen and oxygen atoms in total. The molecule has 0 aliphatic heterocycles. The number of rotatable bonds is 3. The van der Waals surface area contributed by atoms with Crippen molar-refractivity contribution >= 4 is 11.5 Å². The summed E-state index contributed by atoms with van der Waals surface area (Å²) >= 11 is 0. The smallest absolute Gasteiger partial charge is 0.330 e. The Hall–Kier alpha value is -2.51. The SMILES string of the molecule is Nc1c([N+](=O)[O-])cnn1Cc1ccc(F)c(F)c1. The monoisotopic (exact) mass is 254 g/mol. The summed E-state index contributed by atoms with van der Waals surface area (Å²) in [5.74, 6) is -2.09. The van der Waals surface area contributed by atoms with Gasteiger partial charge in [-0.25, -0.2) is 13.5 Å². The van der Waals surface area contributed by atoms with E-state index in [1.807, 2.05) is 0 Å². The van der Waals surface area contributed by atoms with Crippen molar-refractivity contribution < 1.29 is 13.7 Å². The molecule has 0 unspecified atom stereocenters. The largest absolute Gasteiger partial charge is 0.378 e. The van der Waals surface area contributed by atoms with Crippen molar-refractivity contribution in [2.45, 2.75) is 6.54 Å². The molecule has 2 rings (SSSR count). The minimum atomic E-state index is -0.993. The molecule has 2 aromatic rings. The van der Waals surface area contributed by atoms with E-state index in [-0.39, 0.29) is 18.1 Å². The maximum atomic E-state index is 13.0. The van der Waals surface area contributed by atoms with Crippen LogP contribution in [0, 0.1) is 21.7 Å². The van der Waals surface area contributed by atoms with E-state index in [0.29, 0.717) is 5.56 Å². The van der Waals surface area contributed by atoms with E-state index in [4.69, 9.17) is 5.73 Å². The normalized spacial score (nSPS) is 10.6. The highest BCUT2D eigenvalue weighted by atomic mass is 19.2. The molecule has 8 heteroatoms. The molecule has 94 valence electrons. The van der Waals surface area contributed by atoms with Gasteiger partial charge in [-0.15, -0.1) is 0 Å². The van der Waals surface area contributed by atoms with E-state index < -0.39 is 16.6 Å². The molecule has 0 spiro atoms. The Morgan fingerprint density at radius 3 is 2.67 bits per heavy atom. The number of hydrogen-bond acceptors (Lipinski definition) is 4. The van der Waals surface area contributed by atoms with Crippen molar-refractivity contribution in [2.75, 3.05) is 5.73 Å². The lowest BCUT2D eigenvalue weighted by molar-refractivity contribution is -0.384. The van der Waals surface area contributed by atoms with Crippen LogP contribution in [0.2, 0.25) is 0 Å². The fourth-order valence-corrected chi connectivity index (χ4v) is 1.46. The predicted molar refractivity (Wildman–Crippen MR) is 58.8 cm³/mol. The van der Waals surface area contributed by atoms with Gasteiger partial charge in [-0.1, -0.05) is 6.07 Å². The summed E-state index contributed by atoms with van der Waals surface area (Å²) in [5, 5.41) is 14.3. The van der Waals surface area contributed by atoms with Gasteiger partial charge in [0, 0.05) is 0 Å². The van der Waals surface area contributed by atoms with Gasteiger partial charge in [0.2, 0.25) is 5.82 Å². The van der Waals surface area contributed by atoms with E-state index >= 15 is 0 Å². The molecule has 1 aromatic heterocycles. The standard InChI is InChI=1S/C10H8F2N4O2/c11-7-2-1-6(3-8(7)12)5-15-10(13)9(4-14-15)16(17)18/h1-4H,5,13H2. The molecule has 0 atom stereocenters. The van der Waals surface area contributed by atoms with Crippen LogP contribution in [-0.4, -0.2) is 14.7 Å². The molecule has 0 aliphatic carbocycles. The zero-order chi connectivity index (χ0) is 13.3. The number of benzene rings is 1. The first-order valence-electron chi connectivity index (χ1n) is 4.88. The first kappa shape index (κ1) is 12.0. The van der Waals surface area contributed by atoms with Crippen LogP contribution in [0.3, 0.4) is 0 Å². The molecular weight excluding hydrogens is 246 g/mol. The van der Waals surface area contributed by atoms with Crippen molar-refractivity contribution in [2.24, 2.45) is 0 Å². The summed E-state index contributed by atoms with van der Waals surface area (Å²) in [4.78, 5) is 9.89. The van der Waals surface area contributed by atoms with Crippen LogP contribution in [0.1, 0.15) is 5.56 Å². The first-order valence-corrected chi connectivity index (χ1v) is 4.88. The topological polar surface area (TPSA) is 87.0 Å². The summed E-state index contributed by atoms with van der Waals surface area (Å²) in [6.07, 6.45) is 1.01. The lowest BCUT2D eigenvalue weighted by Gasteiger charge is -2.04. The van der Waals surface area contributed by atoms with Gasteiger partial charge in [-0.3, -0.25) is 10.1 Å². The minimum Gasteiger partial charge on any atom is -0.378 e. The van der Waals surface area contributed by atoms with Crippen molar-refractivity contribution in [1.82, 2.24) is 9.78 Å². The summed E-state index contributed by atoms with van der Waals surface area (Å²) in [5.41, 5.74) is 5.59. The number of nitrogens with zero attached hydrogens (tertiary/aromatic N) is 3. The van der Waals surface area contributed by atoms with E-state index in [9.17, 15) is 18.9 Å². The third kappa shape index (κ3) is 2.12. The Morgan fingerprint density at radius 2 is 2.11 bits per heavy atom. The molecule has 1 heterocycles. The predicted octanol–water partition coefficient (Wildman–Crippen LogP) is 1.70. The van der Waals surface area contributed by atoms with Crippen LogP contribution >= 0.6 is 0 Å². The molecule has 2 N–H and O–H groups in total. The van der Waals surface area contributed by atoms with Crippen LogP contribution in [-0.2, 0) is 6.54 Å². The van der Waals surface area contributed by atoms with Crippen LogP contribution in [0.4, 0.5) is 20.3 Å². The van der Waals surface area contributed by atoms with Gasteiger partial charge in [0.1, 0.15) is 6.20 Å². The molecule has 0 fully saturated rings. The fraction of sp³-hybridized carbons (Fsp3) is 0.100. The maximum absolute atomic E-state index is 13.0. The zero-order valence-electron chi connectivity index (χ0n) is 9.01. The molecule has 0 aliphatic rings. The Bertz CT molecular complexity index is 612. The number of nitro groups is 1. The summed E-state index contributed by atoms with van der Waals surface area (Å²) in [6.45, 7) is 0.0247. The van der Waals surface area contributed by atoms with E-state index in [2.05, 4.69) is 5.10 Å². The first-order chi connectivity index (χ1) is 8.49. The lowest BCUT2D eigenvalue weighted by atomic mass is 10.2.